The zero-order valence-corrected chi connectivity index (χ0v) is 12.3. The topological polar surface area (TPSA) is 48.7 Å². The fourth-order valence-corrected chi connectivity index (χ4v) is 2.17. The molecule has 0 unspecified atom stereocenters. The van der Waals surface area contributed by atoms with E-state index in [1.165, 1.54) is 6.08 Å². The molecule has 5 heteroatoms. The third-order valence-corrected chi connectivity index (χ3v) is 3.48. The molecular formula is C15H23N3O2. The number of furan rings is 1. The maximum absolute atomic E-state index is 11.7. The number of rotatable bonds is 5. The van der Waals surface area contributed by atoms with Crippen molar-refractivity contribution in [3.05, 3.63) is 29.7 Å². The van der Waals surface area contributed by atoms with Gasteiger partial charge in [0.25, 0.3) is 0 Å². The van der Waals surface area contributed by atoms with Gasteiger partial charge in [-0.1, -0.05) is 0 Å². The Labute approximate surface area is 120 Å². The summed E-state index contributed by atoms with van der Waals surface area (Å²) in [5.74, 6) is 1.48. The van der Waals surface area contributed by atoms with Crippen molar-refractivity contribution in [2.24, 2.45) is 0 Å². The molecular weight excluding hydrogens is 254 g/mol. The molecule has 20 heavy (non-hydrogen) atoms. The van der Waals surface area contributed by atoms with Gasteiger partial charge in [-0.15, -0.1) is 0 Å². The second-order valence-corrected chi connectivity index (χ2v) is 5.22. The smallest absolute Gasteiger partial charge is 0.244 e. The molecule has 0 radical (unpaired) electrons. The summed E-state index contributed by atoms with van der Waals surface area (Å²) in [4.78, 5) is 16.3. The van der Waals surface area contributed by atoms with Crippen molar-refractivity contribution in [1.29, 1.82) is 0 Å². The highest BCUT2D eigenvalue weighted by molar-refractivity contribution is 5.91. The highest BCUT2D eigenvalue weighted by Gasteiger charge is 2.12. The Kier molecular flexibility index (Phi) is 5.38. The second kappa shape index (κ2) is 7.26. The van der Waals surface area contributed by atoms with Crippen LogP contribution >= 0.6 is 0 Å². The fraction of sp³-hybridized carbons (Fsp3) is 0.533. The summed E-state index contributed by atoms with van der Waals surface area (Å²) in [6.07, 6.45) is 3.21. The molecule has 5 nitrogen and oxygen atoms in total. The number of piperazine rings is 1. The van der Waals surface area contributed by atoms with Crippen LogP contribution in [0.1, 0.15) is 11.5 Å². The van der Waals surface area contributed by atoms with Crippen molar-refractivity contribution in [3.63, 3.8) is 0 Å². The van der Waals surface area contributed by atoms with Gasteiger partial charge < -0.3 is 14.6 Å². The summed E-state index contributed by atoms with van der Waals surface area (Å²) >= 11 is 0. The van der Waals surface area contributed by atoms with Crippen LogP contribution in [0.4, 0.5) is 0 Å². The maximum atomic E-state index is 11.7. The third kappa shape index (κ3) is 4.83. The Morgan fingerprint density at radius 1 is 1.35 bits per heavy atom. The molecule has 1 aliphatic heterocycles. The minimum atomic E-state index is -0.0758. The predicted octanol–water partition coefficient (Wildman–Crippen LogP) is 0.965. The average Bonchev–Trinajstić information content (AvgIpc) is 2.85. The monoisotopic (exact) mass is 277 g/mol. The van der Waals surface area contributed by atoms with Crippen molar-refractivity contribution in [2.45, 2.75) is 6.92 Å². The molecule has 110 valence electrons. The van der Waals surface area contributed by atoms with Gasteiger partial charge in [-0.25, -0.2) is 0 Å². The SMILES string of the molecule is Cc1ccc(/C=C/C(=O)NCCN2CCN(C)CC2)o1. The Balaban J connectivity index is 1.64. The first kappa shape index (κ1) is 14.8. The summed E-state index contributed by atoms with van der Waals surface area (Å²) in [6, 6.07) is 3.73. The lowest BCUT2D eigenvalue weighted by Gasteiger charge is -2.32. The van der Waals surface area contributed by atoms with Crippen LogP contribution in [-0.2, 0) is 4.79 Å². The molecule has 2 rings (SSSR count). The van der Waals surface area contributed by atoms with Gasteiger partial charge in [0.05, 0.1) is 0 Å². The predicted molar refractivity (Wildman–Crippen MR) is 79.4 cm³/mol. The van der Waals surface area contributed by atoms with Gasteiger partial charge >= 0.3 is 0 Å². The van der Waals surface area contributed by atoms with Gasteiger partial charge in [0.15, 0.2) is 0 Å². The highest BCUT2D eigenvalue weighted by atomic mass is 16.3. The second-order valence-electron chi connectivity index (χ2n) is 5.22. The van der Waals surface area contributed by atoms with Crippen molar-refractivity contribution >= 4 is 12.0 Å². The Morgan fingerprint density at radius 3 is 2.75 bits per heavy atom. The first-order valence-electron chi connectivity index (χ1n) is 7.07. The van der Waals surface area contributed by atoms with Gasteiger partial charge in [0, 0.05) is 45.3 Å². The van der Waals surface area contributed by atoms with E-state index < -0.39 is 0 Å². The van der Waals surface area contributed by atoms with Gasteiger partial charge in [-0.05, 0) is 32.2 Å². The molecule has 1 aliphatic rings. The van der Waals surface area contributed by atoms with Crippen LogP contribution in [0.2, 0.25) is 0 Å². The normalized spacial score (nSPS) is 17.7. The maximum Gasteiger partial charge on any atom is 0.244 e. The number of carbonyl (C=O) groups is 1. The largest absolute Gasteiger partial charge is 0.462 e. The van der Waals surface area contributed by atoms with E-state index in [2.05, 4.69) is 22.2 Å². The van der Waals surface area contributed by atoms with E-state index in [0.29, 0.717) is 12.3 Å². The summed E-state index contributed by atoms with van der Waals surface area (Å²) in [6.45, 7) is 7.84. The molecule has 0 atom stereocenters. The molecule has 1 fully saturated rings. The average molecular weight is 277 g/mol. The first-order valence-corrected chi connectivity index (χ1v) is 7.07. The van der Waals surface area contributed by atoms with E-state index in [-0.39, 0.29) is 5.91 Å². The van der Waals surface area contributed by atoms with Crippen LogP contribution < -0.4 is 5.32 Å². The van der Waals surface area contributed by atoms with Crippen LogP contribution in [0.25, 0.3) is 6.08 Å². The van der Waals surface area contributed by atoms with Crippen molar-refractivity contribution in [1.82, 2.24) is 15.1 Å². The van der Waals surface area contributed by atoms with Crippen molar-refractivity contribution < 1.29 is 9.21 Å². The Hall–Kier alpha value is -1.59. The minimum Gasteiger partial charge on any atom is -0.462 e. The summed E-state index contributed by atoms with van der Waals surface area (Å²) < 4.78 is 5.36. The molecule has 0 saturated carbocycles. The van der Waals surface area contributed by atoms with Crippen LogP contribution in [0.3, 0.4) is 0 Å². The van der Waals surface area contributed by atoms with E-state index in [4.69, 9.17) is 4.42 Å². The number of likely N-dealkylation sites (N-methyl/N-ethyl adjacent to an activating group) is 1. The van der Waals surface area contributed by atoms with Crippen LogP contribution in [0.5, 0.6) is 0 Å². The highest BCUT2D eigenvalue weighted by Crippen LogP contribution is 2.07. The Morgan fingerprint density at radius 2 is 2.10 bits per heavy atom. The zero-order valence-electron chi connectivity index (χ0n) is 12.3. The molecule has 0 spiro atoms. The quantitative estimate of drug-likeness (QED) is 0.815. The standard InChI is InChI=1S/C15H23N3O2/c1-13-3-4-14(20-13)5-6-15(19)16-7-8-18-11-9-17(2)10-12-18/h3-6H,7-12H2,1-2H3,(H,16,19)/b6-5+. The van der Waals surface area contributed by atoms with Gasteiger partial charge in [-0.2, -0.15) is 0 Å². The van der Waals surface area contributed by atoms with E-state index in [0.717, 1.165) is 38.5 Å². The Bertz CT molecular complexity index is 459. The molecule has 1 amide bonds. The van der Waals surface area contributed by atoms with Crippen molar-refractivity contribution in [3.8, 4) is 0 Å². The number of aryl methyl sites for hydroxylation is 1. The van der Waals surface area contributed by atoms with Crippen LogP contribution in [-0.4, -0.2) is 62.0 Å². The van der Waals surface area contributed by atoms with E-state index >= 15 is 0 Å². The molecule has 0 aromatic carbocycles. The molecule has 1 N–H and O–H groups in total. The van der Waals surface area contributed by atoms with Crippen LogP contribution in [0, 0.1) is 6.92 Å². The molecule has 0 bridgehead atoms. The summed E-state index contributed by atoms with van der Waals surface area (Å²) in [5, 5.41) is 2.90. The lowest BCUT2D eigenvalue weighted by Crippen LogP contribution is -2.46. The lowest BCUT2D eigenvalue weighted by atomic mass is 10.3. The molecule has 0 aliphatic carbocycles. The number of hydrogen-bond acceptors (Lipinski definition) is 4. The van der Waals surface area contributed by atoms with Crippen LogP contribution in [0.15, 0.2) is 22.6 Å². The molecule has 1 aromatic rings. The fourth-order valence-electron chi connectivity index (χ4n) is 2.17. The number of nitrogens with zero attached hydrogens (tertiary/aromatic N) is 2. The van der Waals surface area contributed by atoms with E-state index in [9.17, 15) is 4.79 Å². The van der Waals surface area contributed by atoms with Gasteiger partial charge in [0.1, 0.15) is 11.5 Å². The summed E-state index contributed by atoms with van der Waals surface area (Å²) in [5.41, 5.74) is 0. The molecule has 2 heterocycles. The van der Waals surface area contributed by atoms with Gasteiger partial charge in [-0.3, -0.25) is 9.69 Å². The number of nitrogens with one attached hydrogen (secondary N) is 1. The number of carbonyl (C=O) groups excluding carboxylic acids is 1. The van der Waals surface area contributed by atoms with Crippen molar-refractivity contribution in [2.75, 3.05) is 46.3 Å². The van der Waals surface area contributed by atoms with E-state index in [1.54, 1.807) is 6.08 Å². The minimum absolute atomic E-state index is 0.0758. The molecule has 1 aromatic heterocycles. The third-order valence-electron chi connectivity index (χ3n) is 3.48. The first-order chi connectivity index (χ1) is 9.63. The zero-order chi connectivity index (χ0) is 14.4. The number of hydrogen-bond donors (Lipinski definition) is 1. The molecule has 1 saturated heterocycles. The van der Waals surface area contributed by atoms with E-state index in [1.807, 2.05) is 19.1 Å². The van der Waals surface area contributed by atoms with Gasteiger partial charge in [0.2, 0.25) is 5.91 Å². The number of amides is 1. The summed E-state index contributed by atoms with van der Waals surface area (Å²) in [7, 11) is 2.14. The lowest BCUT2D eigenvalue weighted by molar-refractivity contribution is -0.116.